The minimum absolute atomic E-state index is 0.0655. The first-order valence-corrected chi connectivity index (χ1v) is 6.25. The maximum atomic E-state index is 6.03. The maximum absolute atomic E-state index is 6.03. The van der Waals surface area contributed by atoms with Gasteiger partial charge in [0.15, 0.2) is 0 Å². The highest BCUT2D eigenvalue weighted by Crippen LogP contribution is 2.18. The number of hydrogen-bond acceptors (Lipinski definition) is 4. The number of aryl methyl sites for hydroxylation is 1. The molecule has 0 aliphatic heterocycles. The van der Waals surface area contributed by atoms with Crippen molar-refractivity contribution in [3.8, 4) is 0 Å². The van der Waals surface area contributed by atoms with Gasteiger partial charge in [0.1, 0.15) is 0 Å². The van der Waals surface area contributed by atoms with Crippen molar-refractivity contribution in [2.45, 2.75) is 32.9 Å². The Morgan fingerprint density at radius 3 is 3.00 bits per heavy atom. The standard InChI is InChI=1S/C11H16N4S/c1-3-9(12)10-4-13-6-15(10)5-11-8(2)14-7-16-11/h4,6-7,9H,3,5,12H2,1-2H3/t9-/m1/s1. The molecule has 16 heavy (non-hydrogen) atoms. The summed E-state index contributed by atoms with van der Waals surface area (Å²) in [7, 11) is 0. The monoisotopic (exact) mass is 236 g/mol. The molecule has 2 rings (SSSR count). The molecule has 4 nitrogen and oxygen atoms in total. The van der Waals surface area contributed by atoms with E-state index in [-0.39, 0.29) is 6.04 Å². The fourth-order valence-corrected chi connectivity index (χ4v) is 2.39. The van der Waals surface area contributed by atoms with Gasteiger partial charge in [-0.3, -0.25) is 0 Å². The van der Waals surface area contributed by atoms with E-state index in [0.29, 0.717) is 0 Å². The fraction of sp³-hybridized carbons (Fsp3) is 0.455. The maximum Gasteiger partial charge on any atom is 0.0952 e. The van der Waals surface area contributed by atoms with Crippen LogP contribution in [0, 0.1) is 6.92 Å². The highest BCUT2D eigenvalue weighted by molar-refractivity contribution is 7.09. The van der Waals surface area contributed by atoms with E-state index in [2.05, 4.69) is 21.5 Å². The molecule has 2 heterocycles. The average Bonchev–Trinajstić information content (AvgIpc) is 2.88. The molecule has 0 fully saturated rings. The van der Waals surface area contributed by atoms with Gasteiger partial charge < -0.3 is 10.3 Å². The van der Waals surface area contributed by atoms with Gasteiger partial charge in [0, 0.05) is 17.1 Å². The predicted octanol–water partition coefficient (Wildman–Crippen LogP) is 2.11. The minimum atomic E-state index is 0.0655. The van der Waals surface area contributed by atoms with Gasteiger partial charge in [0.2, 0.25) is 0 Å². The fourth-order valence-electron chi connectivity index (χ4n) is 1.61. The Morgan fingerprint density at radius 2 is 2.38 bits per heavy atom. The Bertz CT molecular complexity index is 460. The van der Waals surface area contributed by atoms with E-state index < -0.39 is 0 Å². The van der Waals surface area contributed by atoms with Crippen molar-refractivity contribution >= 4 is 11.3 Å². The van der Waals surface area contributed by atoms with Crippen LogP contribution in [-0.4, -0.2) is 14.5 Å². The van der Waals surface area contributed by atoms with Gasteiger partial charge in [0.05, 0.1) is 29.8 Å². The lowest BCUT2D eigenvalue weighted by molar-refractivity contribution is 0.620. The molecule has 0 aliphatic carbocycles. The molecule has 1 atom stereocenters. The molecule has 5 heteroatoms. The van der Waals surface area contributed by atoms with Crippen molar-refractivity contribution in [1.82, 2.24) is 14.5 Å². The summed E-state index contributed by atoms with van der Waals surface area (Å²) in [5.41, 5.74) is 10.1. The molecule has 0 unspecified atom stereocenters. The van der Waals surface area contributed by atoms with Crippen molar-refractivity contribution < 1.29 is 0 Å². The van der Waals surface area contributed by atoms with Crippen molar-refractivity contribution in [3.63, 3.8) is 0 Å². The largest absolute Gasteiger partial charge is 0.328 e. The molecule has 0 saturated carbocycles. The summed E-state index contributed by atoms with van der Waals surface area (Å²) in [6, 6.07) is 0.0655. The van der Waals surface area contributed by atoms with Crippen LogP contribution in [0.4, 0.5) is 0 Å². The quantitative estimate of drug-likeness (QED) is 0.884. The summed E-state index contributed by atoms with van der Waals surface area (Å²) < 4.78 is 2.11. The molecule has 2 N–H and O–H groups in total. The molecule has 0 amide bonds. The van der Waals surface area contributed by atoms with Crippen LogP contribution < -0.4 is 5.73 Å². The second kappa shape index (κ2) is 4.76. The minimum Gasteiger partial charge on any atom is -0.328 e. The van der Waals surface area contributed by atoms with Gasteiger partial charge in [-0.25, -0.2) is 9.97 Å². The molecule has 0 aromatic carbocycles. The summed E-state index contributed by atoms with van der Waals surface area (Å²) in [6.07, 6.45) is 4.61. The number of rotatable bonds is 4. The first kappa shape index (κ1) is 11.3. The number of aromatic nitrogens is 3. The Morgan fingerprint density at radius 1 is 1.56 bits per heavy atom. The third kappa shape index (κ3) is 2.15. The van der Waals surface area contributed by atoms with Gasteiger partial charge in [-0.1, -0.05) is 6.92 Å². The number of nitrogens with zero attached hydrogens (tertiary/aromatic N) is 3. The molecular formula is C11H16N4S. The summed E-state index contributed by atoms with van der Waals surface area (Å²) in [5.74, 6) is 0. The summed E-state index contributed by atoms with van der Waals surface area (Å²) >= 11 is 1.68. The van der Waals surface area contributed by atoms with E-state index in [1.165, 1.54) is 4.88 Å². The lowest BCUT2D eigenvalue weighted by atomic mass is 10.2. The summed E-state index contributed by atoms with van der Waals surface area (Å²) in [6.45, 7) is 4.93. The topological polar surface area (TPSA) is 56.7 Å². The molecule has 0 aliphatic rings. The molecule has 0 radical (unpaired) electrons. The Labute approximate surface area is 99.2 Å². The van der Waals surface area contributed by atoms with Crippen molar-refractivity contribution in [2.75, 3.05) is 0 Å². The zero-order valence-corrected chi connectivity index (χ0v) is 10.4. The smallest absolute Gasteiger partial charge is 0.0952 e. The number of thiazole rings is 1. The lowest BCUT2D eigenvalue weighted by Crippen LogP contribution is -2.14. The van der Waals surface area contributed by atoms with E-state index in [1.807, 2.05) is 25.0 Å². The van der Waals surface area contributed by atoms with E-state index in [4.69, 9.17) is 5.73 Å². The van der Waals surface area contributed by atoms with E-state index >= 15 is 0 Å². The van der Waals surface area contributed by atoms with Crippen molar-refractivity contribution in [1.29, 1.82) is 0 Å². The summed E-state index contributed by atoms with van der Waals surface area (Å²) in [5, 5.41) is 0. The Kier molecular flexibility index (Phi) is 3.36. The third-order valence-corrected chi connectivity index (χ3v) is 3.64. The highest BCUT2D eigenvalue weighted by Gasteiger charge is 2.11. The zero-order chi connectivity index (χ0) is 11.5. The van der Waals surface area contributed by atoms with Crippen LogP contribution in [0.15, 0.2) is 18.0 Å². The van der Waals surface area contributed by atoms with E-state index in [9.17, 15) is 0 Å². The average molecular weight is 236 g/mol. The normalized spacial score (nSPS) is 12.9. The number of nitrogens with two attached hydrogens (primary N) is 1. The molecule has 2 aromatic heterocycles. The van der Waals surface area contributed by atoms with Crippen LogP contribution in [0.5, 0.6) is 0 Å². The summed E-state index contributed by atoms with van der Waals surface area (Å²) in [4.78, 5) is 9.68. The van der Waals surface area contributed by atoms with Crippen molar-refractivity contribution in [3.05, 3.63) is 34.3 Å². The Hall–Kier alpha value is -1.20. The van der Waals surface area contributed by atoms with Gasteiger partial charge in [-0.05, 0) is 13.3 Å². The van der Waals surface area contributed by atoms with E-state index in [1.54, 1.807) is 11.3 Å². The van der Waals surface area contributed by atoms with Crippen LogP contribution in [0.1, 0.15) is 35.7 Å². The number of hydrogen-bond donors (Lipinski definition) is 1. The third-order valence-electron chi connectivity index (χ3n) is 2.72. The molecular weight excluding hydrogens is 220 g/mol. The van der Waals surface area contributed by atoms with Gasteiger partial charge in [0.25, 0.3) is 0 Å². The van der Waals surface area contributed by atoms with Gasteiger partial charge in [-0.2, -0.15) is 0 Å². The van der Waals surface area contributed by atoms with Crippen LogP contribution >= 0.6 is 11.3 Å². The van der Waals surface area contributed by atoms with Gasteiger partial charge >= 0.3 is 0 Å². The predicted molar refractivity (Wildman–Crippen MR) is 65.4 cm³/mol. The highest BCUT2D eigenvalue weighted by atomic mass is 32.1. The molecule has 0 saturated heterocycles. The lowest BCUT2D eigenvalue weighted by Gasteiger charge is -2.12. The van der Waals surface area contributed by atoms with Crippen LogP contribution in [-0.2, 0) is 6.54 Å². The first-order valence-electron chi connectivity index (χ1n) is 5.37. The number of imidazole rings is 1. The molecule has 0 bridgehead atoms. The van der Waals surface area contributed by atoms with Gasteiger partial charge in [-0.15, -0.1) is 11.3 Å². The second-order valence-electron chi connectivity index (χ2n) is 3.82. The van der Waals surface area contributed by atoms with Crippen molar-refractivity contribution in [2.24, 2.45) is 5.73 Å². The second-order valence-corrected chi connectivity index (χ2v) is 4.76. The van der Waals surface area contributed by atoms with Crippen LogP contribution in [0.25, 0.3) is 0 Å². The molecule has 0 spiro atoms. The molecule has 2 aromatic rings. The Balaban J connectivity index is 2.22. The molecule has 86 valence electrons. The first-order chi connectivity index (χ1) is 7.72. The zero-order valence-electron chi connectivity index (χ0n) is 9.55. The van der Waals surface area contributed by atoms with E-state index in [0.717, 1.165) is 24.4 Å². The van der Waals surface area contributed by atoms with Crippen LogP contribution in [0.3, 0.4) is 0 Å². The van der Waals surface area contributed by atoms with Crippen LogP contribution in [0.2, 0.25) is 0 Å². The SMILES string of the molecule is CC[C@@H](N)c1cncn1Cc1scnc1C.